The summed E-state index contributed by atoms with van der Waals surface area (Å²) in [6, 6.07) is 5.56. The summed E-state index contributed by atoms with van der Waals surface area (Å²) < 4.78 is 1.01. The molecule has 0 aromatic heterocycles. The Bertz CT molecular complexity index is 428. The maximum atomic E-state index is 9.80. The average Bonchev–Trinajstić information content (AvgIpc) is 2.38. The number of benzene rings is 1. The second kappa shape index (κ2) is 6.25. The number of likely N-dealkylation sites (tertiary alicyclic amines) is 1. The third kappa shape index (κ3) is 4.20. The van der Waals surface area contributed by atoms with Gasteiger partial charge < -0.3 is 15.3 Å². The fraction of sp³-hybridized carbons (Fsp3) is 0.600. The summed E-state index contributed by atoms with van der Waals surface area (Å²) in [5.74, 6) is 0.365. The highest BCUT2D eigenvalue weighted by Crippen LogP contribution is 2.29. The molecule has 2 N–H and O–H groups in total. The van der Waals surface area contributed by atoms with Gasteiger partial charge in [0.25, 0.3) is 0 Å². The summed E-state index contributed by atoms with van der Waals surface area (Å²) in [4.78, 5) is 2.39. The maximum Gasteiger partial charge on any atom is 0.120 e. The summed E-state index contributed by atoms with van der Waals surface area (Å²) in [5, 5.41) is 13.3. The number of phenols is 1. The normalized spacial score (nSPS) is 19.5. The van der Waals surface area contributed by atoms with E-state index in [2.05, 4.69) is 40.1 Å². The molecule has 0 amide bonds. The lowest BCUT2D eigenvalue weighted by Gasteiger charge is -2.38. The van der Waals surface area contributed by atoms with Crippen LogP contribution in [0.15, 0.2) is 22.7 Å². The van der Waals surface area contributed by atoms with Crippen LogP contribution in [0.4, 0.5) is 0 Å². The molecule has 1 fully saturated rings. The Labute approximate surface area is 124 Å². The van der Waals surface area contributed by atoms with Crippen molar-refractivity contribution in [1.29, 1.82) is 0 Å². The van der Waals surface area contributed by atoms with Gasteiger partial charge in [0.2, 0.25) is 0 Å². The SMILES string of the molecule is CN1CCC(C)(CNCc2cc(Br)ccc2O)CC1. The molecule has 0 radical (unpaired) electrons. The van der Waals surface area contributed by atoms with Crippen LogP contribution in [0.2, 0.25) is 0 Å². The smallest absolute Gasteiger partial charge is 0.120 e. The molecular weight excluding hydrogens is 304 g/mol. The number of hydrogen-bond donors (Lipinski definition) is 2. The van der Waals surface area contributed by atoms with Crippen LogP contribution in [0.1, 0.15) is 25.3 Å². The summed E-state index contributed by atoms with van der Waals surface area (Å²) in [7, 11) is 2.19. The molecule has 19 heavy (non-hydrogen) atoms. The summed E-state index contributed by atoms with van der Waals surface area (Å²) in [6.45, 7) is 6.44. The van der Waals surface area contributed by atoms with Gasteiger partial charge in [0, 0.05) is 23.1 Å². The number of phenolic OH excluding ortho intramolecular Hbond substituents is 1. The molecule has 4 heteroatoms. The highest BCUT2D eigenvalue weighted by Gasteiger charge is 2.28. The molecule has 1 heterocycles. The van der Waals surface area contributed by atoms with Crippen LogP contribution < -0.4 is 5.32 Å². The Morgan fingerprint density at radius 3 is 2.74 bits per heavy atom. The summed E-state index contributed by atoms with van der Waals surface area (Å²) in [6.07, 6.45) is 2.47. The molecule has 1 saturated heterocycles. The van der Waals surface area contributed by atoms with Gasteiger partial charge in [-0.2, -0.15) is 0 Å². The molecular formula is C15H23BrN2O. The van der Waals surface area contributed by atoms with E-state index < -0.39 is 0 Å². The van der Waals surface area contributed by atoms with E-state index in [1.165, 1.54) is 25.9 Å². The van der Waals surface area contributed by atoms with Crippen molar-refractivity contribution in [3.05, 3.63) is 28.2 Å². The first-order chi connectivity index (χ1) is 8.98. The quantitative estimate of drug-likeness (QED) is 0.892. The Morgan fingerprint density at radius 2 is 2.05 bits per heavy atom. The number of piperidine rings is 1. The van der Waals surface area contributed by atoms with Crippen molar-refractivity contribution >= 4 is 15.9 Å². The van der Waals surface area contributed by atoms with Gasteiger partial charge in [0.1, 0.15) is 5.75 Å². The van der Waals surface area contributed by atoms with E-state index in [0.717, 1.165) is 23.1 Å². The minimum Gasteiger partial charge on any atom is -0.508 e. The van der Waals surface area contributed by atoms with Crippen LogP contribution in [-0.4, -0.2) is 36.7 Å². The molecule has 0 atom stereocenters. The third-order valence-corrected chi connectivity index (χ3v) is 4.60. The standard InChI is InChI=1S/C15H23BrN2O/c1-15(5-7-18(2)8-6-15)11-17-10-12-9-13(16)3-4-14(12)19/h3-4,9,17,19H,5-8,10-11H2,1-2H3. The highest BCUT2D eigenvalue weighted by molar-refractivity contribution is 9.10. The van der Waals surface area contributed by atoms with Crippen molar-refractivity contribution in [3.8, 4) is 5.75 Å². The Kier molecular flexibility index (Phi) is 4.87. The molecule has 0 saturated carbocycles. The highest BCUT2D eigenvalue weighted by atomic mass is 79.9. The number of nitrogens with one attached hydrogen (secondary N) is 1. The molecule has 0 unspecified atom stereocenters. The van der Waals surface area contributed by atoms with Crippen molar-refractivity contribution in [2.45, 2.75) is 26.3 Å². The number of hydrogen-bond acceptors (Lipinski definition) is 3. The van der Waals surface area contributed by atoms with Crippen LogP contribution in [0.25, 0.3) is 0 Å². The van der Waals surface area contributed by atoms with Crippen molar-refractivity contribution < 1.29 is 5.11 Å². The lowest BCUT2D eigenvalue weighted by atomic mass is 9.80. The van der Waals surface area contributed by atoms with Gasteiger partial charge in [0.15, 0.2) is 0 Å². The molecule has 1 aromatic carbocycles. The molecule has 0 aliphatic carbocycles. The van der Waals surface area contributed by atoms with Gasteiger partial charge in [-0.05, 0) is 56.6 Å². The Hall–Kier alpha value is -0.580. The first kappa shape index (κ1) is 14.8. The zero-order chi connectivity index (χ0) is 13.9. The van der Waals surface area contributed by atoms with E-state index in [0.29, 0.717) is 11.2 Å². The molecule has 106 valence electrons. The van der Waals surface area contributed by atoms with Gasteiger partial charge >= 0.3 is 0 Å². The lowest BCUT2D eigenvalue weighted by molar-refractivity contribution is 0.136. The molecule has 2 rings (SSSR count). The lowest BCUT2D eigenvalue weighted by Crippen LogP contribution is -2.41. The van der Waals surface area contributed by atoms with E-state index in [-0.39, 0.29) is 0 Å². The van der Waals surface area contributed by atoms with Crippen molar-refractivity contribution in [3.63, 3.8) is 0 Å². The third-order valence-electron chi connectivity index (χ3n) is 4.10. The minimum absolute atomic E-state index is 0.365. The van der Waals surface area contributed by atoms with E-state index in [9.17, 15) is 5.11 Å². The molecule has 0 bridgehead atoms. The zero-order valence-corrected chi connectivity index (χ0v) is 13.3. The van der Waals surface area contributed by atoms with Crippen LogP contribution in [0.3, 0.4) is 0 Å². The Morgan fingerprint density at radius 1 is 1.37 bits per heavy atom. The zero-order valence-electron chi connectivity index (χ0n) is 11.7. The Balaban J connectivity index is 1.84. The fourth-order valence-corrected chi connectivity index (χ4v) is 2.94. The van der Waals surface area contributed by atoms with E-state index in [1.807, 2.05) is 12.1 Å². The second-order valence-corrected chi connectivity index (χ2v) is 6.91. The first-order valence-corrected chi connectivity index (χ1v) is 7.64. The fourth-order valence-electron chi connectivity index (χ4n) is 2.53. The van der Waals surface area contributed by atoms with Crippen molar-refractivity contribution in [2.24, 2.45) is 5.41 Å². The number of halogens is 1. The van der Waals surface area contributed by atoms with Gasteiger partial charge in [0.05, 0.1) is 0 Å². The molecule has 1 aliphatic heterocycles. The molecule has 1 aromatic rings. The van der Waals surface area contributed by atoms with E-state index in [4.69, 9.17) is 0 Å². The predicted octanol–water partition coefficient (Wildman–Crippen LogP) is 2.98. The number of aromatic hydroxyl groups is 1. The van der Waals surface area contributed by atoms with E-state index >= 15 is 0 Å². The maximum absolute atomic E-state index is 9.80. The predicted molar refractivity (Wildman–Crippen MR) is 82.4 cm³/mol. The van der Waals surface area contributed by atoms with Gasteiger partial charge in [-0.15, -0.1) is 0 Å². The molecule has 0 spiro atoms. The van der Waals surface area contributed by atoms with Gasteiger partial charge in [-0.3, -0.25) is 0 Å². The van der Waals surface area contributed by atoms with Crippen LogP contribution >= 0.6 is 15.9 Å². The monoisotopic (exact) mass is 326 g/mol. The minimum atomic E-state index is 0.365. The summed E-state index contributed by atoms with van der Waals surface area (Å²) in [5.41, 5.74) is 1.33. The van der Waals surface area contributed by atoms with Crippen molar-refractivity contribution in [2.75, 3.05) is 26.7 Å². The number of nitrogens with zero attached hydrogens (tertiary/aromatic N) is 1. The van der Waals surface area contributed by atoms with Crippen LogP contribution in [-0.2, 0) is 6.54 Å². The topological polar surface area (TPSA) is 35.5 Å². The second-order valence-electron chi connectivity index (χ2n) is 5.99. The van der Waals surface area contributed by atoms with Crippen LogP contribution in [0, 0.1) is 5.41 Å². The molecule has 1 aliphatic rings. The summed E-state index contributed by atoms with van der Waals surface area (Å²) >= 11 is 3.44. The van der Waals surface area contributed by atoms with Gasteiger partial charge in [-0.1, -0.05) is 22.9 Å². The van der Waals surface area contributed by atoms with Gasteiger partial charge in [-0.25, -0.2) is 0 Å². The molecule has 3 nitrogen and oxygen atoms in total. The van der Waals surface area contributed by atoms with Crippen LogP contribution in [0.5, 0.6) is 5.75 Å². The largest absolute Gasteiger partial charge is 0.508 e. The van der Waals surface area contributed by atoms with E-state index in [1.54, 1.807) is 6.07 Å². The average molecular weight is 327 g/mol. The first-order valence-electron chi connectivity index (χ1n) is 6.85. The number of rotatable bonds is 4. The van der Waals surface area contributed by atoms with Crippen molar-refractivity contribution in [1.82, 2.24) is 10.2 Å².